The minimum Gasteiger partial charge on any atom is -0.478 e. The number of nitrogens with one attached hydrogen (secondary N) is 2. The molecule has 0 fully saturated rings. The highest BCUT2D eigenvalue weighted by atomic mass is 32.2. The Morgan fingerprint density at radius 3 is 2.08 bits per heavy atom. The zero-order valence-electron chi connectivity index (χ0n) is 14.2. The Hall–Kier alpha value is -2.71. The third kappa shape index (κ3) is 5.40. The summed E-state index contributed by atoms with van der Waals surface area (Å²) in [6, 6.07) is 12.7. The van der Waals surface area contributed by atoms with Gasteiger partial charge in [0.15, 0.2) is 0 Å². The van der Waals surface area contributed by atoms with Crippen molar-refractivity contribution < 1.29 is 23.1 Å². The molecule has 0 aliphatic heterocycles. The first kappa shape index (κ1) is 19.6. The number of amides is 1. The fraction of sp³-hybridized carbons (Fsp3) is 0.222. The number of carboxylic acids is 1. The van der Waals surface area contributed by atoms with Gasteiger partial charge in [0.1, 0.15) is 0 Å². The number of carbonyl (C=O) groups is 2. The van der Waals surface area contributed by atoms with E-state index in [2.05, 4.69) is 10.0 Å². The smallest absolute Gasteiger partial charge is 0.335 e. The fourth-order valence-corrected chi connectivity index (χ4v) is 3.00. The molecule has 8 heteroatoms. The van der Waals surface area contributed by atoms with Gasteiger partial charge < -0.3 is 10.4 Å². The topological polar surface area (TPSA) is 113 Å². The van der Waals surface area contributed by atoms with Crippen LogP contribution in [0.15, 0.2) is 53.4 Å². The molecule has 0 spiro atoms. The summed E-state index contributed by atoms with van der Waals surface area (Å²) in [6.07, 6.45) is 0.759. The second-order valence-electron chi connectivity index (χ2n) is 5.63. The van der Waals surface area contributed by atoms with Crippen LogP contribution in [0, 0.1) is 0 Å². The number of aromatic carboxylic acids is 1. The van der Waals surface area contributed by atoms with Crippen molar-refractivity contribution in [3.05, 3.63) is 65.2 Å². The average Bonchev–Trinajstić information content (AvgIpc) is 2.65. The monoisotopic (exact) mass is 376 g/mol. The quantitative estimate of drug-likeness (QED) is 0.647. The Labute approximate surface area is 152 Å². The maximum Gasteiger partial charge on any atom is 0.335 e. The Morgan fingerprint density at radius 2 is 1.54 bits per heavy atom. The van der Waals surface area contributed by atoms with Crippen LogP contribution in [0.3, 0.4) is 0 Å². The Morgan fingerprint density at radius 1 is 0.962 bits per heavy atom. The molecule has 0 radical (unpaired) electrons. The summed E-state index contributed by atoms with van der Waals surface area (Å²) < 4.78 is 25.5. The van der Waals surface area contributed by atoms with Gasteiger partial charge in [-0.05, 0) is 48.9 Å². The summed E-state index contributed by atoms with van der Waals surface area (Å²) in [5, 5.41) is 11.6. The molecule has 0 unspecified atom stereocenters. The minimum absolute atomic E-state index is 0.140. The third-order valence-electron chi connectivity index (χ3n) is 3.83. The molecule has 26 heavy (non-hydrogen) atoms. The Kier molecular flexibility index (Phi) is 6.48. The number of carboxylic acid groups (broad SMARTS) is 1. The summed E-state index contributed by atoms with van der Waals surface area (Å²) >= 11 is 0. The number of hydrogen-bond acceptors (Lipinski definition) is 4. The van der Waals surface area contributed by atoms with Crippen molar-refractivity contribution in [2.75, 3.05) is 7.05 Å². The molecule has 0 aliphatic carbocycles. The molecule has 3 N–H and O–H groups in total. The molecule has 0 aliphatic rings. The van der Waals surface area contributed by atoms with E-state index in [4.69, 9.17) is 5.11 Å². The lowest BCUT2D eigenvalue weighted by Gasteiger charge is -2.07. The first-order valence-corrected chi connectivity index (χ1v) is 9.41. The Balaban J connectivity index is 1.82. The predicted octanol–water partition coefficient (Wildman–Crippen LogP) is 1.54. The van der Waals surface area contributed by atoms with Crippen molar-refractivity contribution in [3.8, 4) is 0 Å². The summed E-state index contributed by atoms with van der Waals surface area (Å²) in [5.74, 6) is -1.13. The standard InChI is InChI=1S/C18H20N2O5S/c1-19-26(24,25)16-9-4-13(5-10-16)6-11-17(21)20-12-14-2-7-15(8-3-14)18(22)23/h2-5,7-10,19H,6,11-12H2,1H3,(H,20,21)(H,22,23). The van der Waals surface area contributed by atoms with Gasteiger partial charge in [0.25, 0.3) is 0 Å². The molecule has 2 aromatic rings. The molecule has 2 rings (SSSR count). The molecular weight excluding hydrogens is 356 g/mol. The average molecular weight is 376 g/mol. The van der Waals surface area contributed by atoms with E-state index in [-0.39, 0.29) is 22.8 Å². The van der Waals surface area contributed by atoms with E-state index >= 15 is 0 Å². The zero-order chi connectivity index (χ0) is 19.2. The first-order valence-electron chi connectivity index (χ1n) is 7.93. The summed E-state index contributed by atoms with van der Waals surface area (Å²) in [5.41, 5.74) is 1.87. The number of hydrogen-bond donors (Lipinski definition) is 3. The van der Waals surface area contributed by atoms with E-state index < -0.39 is 16.0 Å². The van der Waals surface area contributed by atoms with Gasteiger partial charge in [-0.3, -0.25) is 4.79 Å². The van der Waals surface area contributed by atoms with Crippen LogP contribution in [-0.2, 0) is 27.8 Å². The lowest BCUT2D eigenvalue weighted by Crippen LogP contribution is -2.23. The summed E-state index contributed by atoms with van der Waals surface area (Å²) in [7, 11) is -2.11. The van der Waals surface area contributed by atoms with Gasteiger partial charge in [0, 0.05) is 13.0 Å². The van der Waals surface area contributed by atoms with Crippen LogP contribution in [0.4, 0.5) is 0 Å². The molecule has 0 bridgehead atoms. The van der Waals surface area contributed by atoms with Gasteiger partial charge in [-0.2, -0.15) is 0 Å². The molecule has 0 saturated carbocycles. The minimum atomic E-state index is -3.46. The van der Waals surface area contributed by atoms with Gasteiger partial charge in [-0.25, -0.2) is 17.9 Å². The van der Waals surface area contributed by atoms with Crippen LogP contribution < -0.4 is 10.0 Å². The van der Waals surface area contributed by atoms with E-state index in [1.165, 1.54) is 31.3 Å². The summed E-state index contributed by atoms with van der Waals surface area (Å²) in [4.78, 5) is 22.9. The Bertz CT molecular complexity index is 875. The summed E-state index contributed by atoms with van der Waals surface area (Å²) in [6.45, 7) is 0.318. The van der Waals surface area contributed by atoms with E-state index in [0.29, 0.717) is 13.0 Å². The maximum absolute atomic E-state index is 11.9. The highest BCUT2D eigenvalue weighted by Gasteiger charge is 2.11. The molecule has 0 aromatic heterocycles. The van der Waals surface area contributed by atoms with Crippen LogP contribution in [0.5, 0.6) is 0 Å². The molecule has 0 heterocycles. The molecule has 1 amide bonds. The second-order valence-corrected chi connectivity index (χ2v) is 7.52. The highest BCUT2D eigenvalue weighted by molar-refractivity contribution is 7.89. The maximum atomic E-state index is 11.9. The lowest BCUT2D eigenvalue weighted by molar-refractivity contribution is -0.121. The van der Waals surface area contributed by atoms with Crippen molar-refractivity contribution in [1.82, 2.24) is 10.0 Å². The molecule has 138 valence electrons. The van der Waals surface area contributed by atoms with Crippen LogP contribution in [-0.4, -0.2) is 32.4 Å². The molecule has 2 aromatic carbocycles. The van der Waals surface area contributed by atoms with Gasteiger partial charge in [-0.15, -0.1) is 0 Å². The van der Waals surface area contributed by atoms with Gasteiger partial charge in [0.05, 0.1) is 10.5 Å². The largest absolute Gasteiger partial charge is 0.478 e. The van der Waals surface area contributed by atoms with Gasteiger partial charge in [0.2, 0.25) is 15.9 Å². The number of rotatable bonds is 8. The van der Waals surface area contributed by atoms with Crippen LogP contribution in [0.1, 0.15) is 27.9 Å². The van der Waals surface area contributed by atoms with Crippen molar-refractivity contribution >= 4 is 21.9 Å². The number of aryl methyl sites for hydroxylation is 1. The number of sulfonamides is 1. The SMILES string of the molecule is CNS(=O)(=O)c1ccc(CCC(=O)NCc2ccc(C(=O)O)cc2)cc1. The molecule has 0 saturated heterocycles. The van der Waals surface area contributed by atoms with E-state index in [0.717, 1.165) is 11.1 Å². The molecule has 0 atom stereocenters. The van der Waals surface area contributed by atoms with Crippen LogP contribution in [0.25, 0.3) is 0 Å². The van der Waals surface area contributed by atoms with E-state index in [9.17, 15) is 18.0 Å². The van der Waals surface area contributed by atoms with Crippen molar-refractivity contribution in [3.63, 3.8) is 0 Å². The number of benzene rings is 2. The van der Waals surface area contributed by atoms with E-state index in [1.807, 2.05) is 0 Å². The molecule has 7 nitrogen and oxygen atoms in total. The van der Waals surface area contributed by atoms with E-state index in [1.54, 1.807) is 24.3 Å². The normalized spacial score (nSPS) is 11.1. The zero-order valence-corrected chi connectivity index (χ0v) is 15.0. The van der Waals surface area contributed by atoms with Gasteiger partial charge >= 0.3 is 5.97 Å². The number of carbonyl (C=O) groups excluding carboxylic acids is 1. The molecular formula is C18H20N2O5S. The lowest BCUT2D eigenvalue weighted by atomic mass is 10.1. The van der Waals surface area contributed by atoms with Crippen molar-refractivity contribution in [2.24, 2.45) is 0 Å². The highest BCUT2D eigenvalue weighted by Crippen LogP contribution is 2.11. The fourth-order valence-electron chi connectivity index (χ4n) is 2.27. The second kappa shape index (κ2) is 8.59. The van der Waals surface area contributed by atoms with Crippen LogP contribution in [0.2, 0.25) is 0 Å². The van der Waals surface area contributed by atoms with Crippen LogP contribution >= 0.6 is 0 Å². The van der Waals surface area contributed by atoms with Crippen molar-refractivity contribution in [1.29, 1.82) is 0 Å². The predicted molar refractivity (Wildman–Crippen MR) is 96.3 cm³/mol. The third-order valence-corrected chi connectivity index (χ3v) is 5.26. The first-order chi connectivity index (χ1) is 12.3. The van der Waals surface area contributed by atoms with Crippen molar-refractivity contribution in [2.45, 2.75) is 24.3 Å². The van der Waals surface area contributed by atoms with Gasteiger partial charge in [-0.1, -0.05) is 24.3 Å².